The van der Waals surface area contributed by atoms with Crippen molar-refractivity contribution >= 4 is 45.6 Å². The van der Waals surface area contributed by atoms with Crippen molar-refractivity contribution in [3.05, 3.63) is 121 Å². The second-order valence-electron chi connectivity index (χ2n) is 10.1. The Labute approximate surface area is 225 Å². The van der Waals surface area contributed by atoms with Crippen molar-refractivity contribution in [3.63, 3.8) is 0 Å². The summed E-state index contributed by atoms with van der Waals surface area (Å²) in [5, 5.41) is 5.58. The maximum absolute atomic E-state index is 6.93. The molecule has 0 saturated carbocycles. The first-order valence-corrected chi connectivity index (χ1v) is 18.7. The quantitative estimate of drug-likeness (QED) is 0.187. The van der Waals surface area contributed by atoms with E-state index in [1.807, 2.05) is 0 Å². The molecule has 1 saturated heterocycles. The Morgan fingerprint density at radius 2 is 0.730 bits per heavy atom. The highest BCUT2D eigenvalue weighted by molar-refractivity contribution is 7.74. The summed E-state index contributed by atoms with van der Waals surface area (Å²) < 4.78 is 13.9. The van der Waals surface area contributed by atoms with Gasteiger partial charge in [0.05, 0.1) is 12.2 Å². The molecule has 4 aromatic rings. The van der Waals surface area contributed by atoms with Gasteiger partial charge in [0, 0.05) is 11.3 Å². The van der Waals surface area contributed by atoms with Crippen molar-refractivity contribution in [3.8, 4) is 0 Å². The number of hydrogen-bond acceptors (Lipinski definition) is 2. The van der Waals surface area contributed by atoms with Gasteiger partial charge in [-0.05, 0) is 50.2 Å². The summed E-state index contributed by atoms with van der Waals surface area (Å²) in [5.74, 6) is 0. The fraction of sp³-hybridized carbons (Fsp3) is 0.250. The molecule has 190 valence electrons. The average molecular weight is 543 g/mol. The van der Waals surface area contributed by atoms with Crippen molar-refractivity contribution in [1.82, 2.24) is 0 Å². The molecule has 0 amide bonds. The highest BCUT2D eigenvalue weighted by Gasteiger charge is 2.51. The third-order valence-corrected chi connectivity index (χ3v) is 14.4. The summed E-state index contributed by atoms with van der Waals surface area (Å²) in [6.07, 6.45) is 0.0845. The zero-order valence-corrected chi connectivity index (χ0v) is 24.9. The Balaban J connectivity index is 1.55. The first kappa shape index (κ1) is 26.5. The molecule has 0 aromatic heterocycles. The van der Waals surface area contributed by atoms with Gasteiger partial charge in [-0.1, -0.05) is 135 Å². The molecule has 1 fully saturated rings. The van der Waals surface area contributed by atoms with Crippen LogP contribution in [0.3, 0.4) is 0 Å². The standard InChI is InChI=1S/C32H36O2P2Si/c1-25(35(27-17-9-5-10-18-27)28-19-11-6-12-20-28)31-32(34-37(3,4)33-31)26(2)36(29-21-13-7-14-22-29)30-23-15-8-16-24-30/h5-26,31-32H,1-4H3/t25-,26-,31-,32-/m1/s1. The van der Waals surface area contributed by atoms with E-state index in [0.717, 1.165) is 0 Å². The average Bonchev–Trinajstić information content (AvgIpc) is 3.27. The minimum absolute atomic E-state index is 0.0422. The van der Waals surface area contributed by atoms with Crippen LogP contribution in [0.5, 0.6) is 0 Å². The fourth-order valence-corrected chi connectivity index (χ4v) is 13.2. The van der Waals surface area contributed by atoms with Crippen molar-refractivity contribution in [2.45, 2.75) is 50.5 Å². The molecule has 0 aliphatic carbocycles. The van der Waals surface area contributed by atoms with Gasteiger partial charge in [0.25, 0.3) is 0 Å². The largest absolute Gasteiger partial charge is 0.388 e. The third kappa shape index (κ3) is 5.98. The molecule has 0 N–H and O–H groups in total. The molecule has 0 unspecified atom stereocenters. The minimum Gasteiger partial charge on any atom is -0.388 e. The van der Waals surface area contributed by atoms with Crippen LogP contribution >= 0.6 is 15.8 Å². The normalized spacial score (nSPS) is 20.7. The van der Waals surface area contributed by atoms with E-state index in [0.29, 0.717) is 11.3 Å². The zero-order valence-electron chi connectivity index (χ0n) is 22.1. The molecule has 2 nitrogen and oxygen atoms in total. The van der Waals surface area contributed by atoms with Gasteiger partial charge in [0.1, 0.15) is 0 Å². The van der Waals surface area contributed by atoms with Crippen molar-refractivity contribution < 1.29 is 8.85 Å². The topological polar surface area (TPSA) is 18.5 Å². The van der Waals surface area contributed by atoms with Crippen LogP contribution < -0.4 is 21.2 Å². The zero-order chi connectivity index (χ0) is 25.8. The lowest BCUT2D eigenvalue weighted by atomic mass is 10.1. The molecule has 0 radical (unpaired) electrons. The maximum Gasteiger partial charge on any atom is 0.332 e. The van der Waals surface area contributed by atoms with Gasteiger partial charge in [-0.15, -0.1) is 0 Å². The van der Waals surface area contributed by atoms with E-state index in [9.17, 15) is 0 Å². The summed E-state index contributed by atoms with van der Waals surface area (Å²) in [4.78, 5) is 0. The molecule has 0 bridgehead atoms. The van der Waals surface area contributed by atoms with E-state index >= 15 is 0 Å². The van der Waals surface area contributed by atoms with E-state index in [1.54, 1.807) is 0 Å². The van der Waals surface area contributed by atoms with Crippen LogP contribution in [0, 0.1) is 0 Å². The van der Waals surface area contributed by atoms with Crippen LogP contribution in [0.25, 0.3) is 0 Å². The van der Waals surface area contributed by atoms with Crippen LogP contribution in [0.1, 0.15) is 13.8 Å². The Morgan fingerprint density at radius 3 is 0.973 bits per heavy atom. The van der Waals surface area contributed by atoms with Gasteiger partial charge in [0.2, 0.25) is 0 Å². The monoisotopic (exact) mass is 542 g/mol. The van der Waals surface area contributed by atoms with Crippen LogP contribution in [0.15, 0.2) is 121 Å². The molecule has 37 heavy (non-hydrogen) atoms. The van der Waals surface area contributed by atoms with E-state index in [-0.39, 0.29) is 12.2 Å². The van der Waals surface area contributed by atoms with Crippen LogP contribution in [-0.4, -0.2) is 32.1 Å². The Hall–Kier alpha value is -2.12. The molecular formula is C32H36O2P2Si. The summed E-state index contributed by atoms with van der Waals surface area (Å²) >= 11 is 0. The van der Waals surface area contributed by atoms with Crippen LogP contribution in [0.2, 0.25) is 13.1 Å². The highest BCUT2D eigenvalue weighted by Crippen LogP contribution is 2.50. The van der Waals surface area contributed by atoms with Gasteiger partial charge in [-0.2, -0.15) is 0 Å². The molecule has 5 heteroatoms. The second-order valence-corrected chi connectivity index (χ2v) is 18.6. The molecule has 0 spiro atoms. The summed E-state index contributed by atoms with van der Waals surface area (Å²) in [7, 11) is -3.51. The van der Waals surface area contributed by atoms with Crippen LogP contribution in [0.4, 0.5) is 0 Å². The number of rotatable bonds is 8. The third-order valence-electron chi connectivity index (χ3n) is 7.07. The van der Waals surface area contributed by atoms with E-state index < -0.39 is 24.4 Å². The van der Waals surface area contributed by atoms with Gasteiger partial charge in [0.15, 0.2) is 0 Å². The van der Waals surface area contributed by atoms with Gasteiger partial charge in [-0.3, -0.25) is 0 Å². The molecule has 4 atom stereocenters. The van der Waals surface area contributed by atoms with Gasteiger partial charge in [-0.25, -0.2) is 0 Å². The lowest BCUT2D eigenvalue weighted by Gasteiger charge is -2.37. The van der Waals surface area contributed by atoms with Gasteiger partial charge < -0.3 is 8.85 Å². The van der Waals surface area contributed by atoms with Crippen molar-refractivity contribution in [1.29, 1.82) is 0 Å². The SMILES string of the molecule is C[C@H]([C@H]1O[Si](C)(C)O[C@@H]1[C@@H](C)P(c1ccccc1)c1ccccc1)P(c1ccccc1)c1ccccc1. The summed E-state index contributed by atoms with van der Waals surface area (Å²) in [6, 6.07) is 44.0. The molecule has 1 aliphatic rings. The Kier molecular flexibility index (Phi) is 8.39. The van der Waals surface area contributed by atoms with E-state index in [4.69, 9.17) is 8.85 Å². The summed E-state index contributed by atoms with van der Waals surface area (Å²) in [6.45, 7) is 9.20. The van der Waals surface area contributed by atoms with E-state index in [1.165, 1.54) is 21.2 Å². The predicted molar refractivity (Wildman–Crippen MR) is 164 cm³/mol. The lowest BCUT2D eigenvalue weighted by molar-refractivity contribution is 0.155. The summed E-state index contributed by atoms with van der Waals surface area (Å²) in [5.41, 5.74) is 0.620. The molecule has 1 heterocycles. The predicted octanol–water partition coefficient (Wildman–Crippen LogP) is 6.52. The van der Waals surface area contributed by atoms with E-state index in [2.05, 4.69) is 148 Å². The molecule has 1 aliphatic heterocycles. The molecule has 5 rings (SSSR count). The minimum atomic E-state index is -2.27. The second kappa shape index (κ2) is 11.7. The Bertz CT molecular complexity index is 1080. The number of benzene rings is 4. The Morgan fingerprint density at radius 1 is 0.486 bits per heavy atom. The molecular weight excluding hydrogens is 506 g/mol. The van der Waals surface area contributed by atoms with Crippen LogP contribution in [-0.2, 0) is 8.85 Å². The van der Waals surface area contributed by atoms with Crippen molar-refractivity contribution in [2.24, 2.45) is 0 Å². The first-order valence-electron chi connectivity index (χ1n) is 13.1. The maximum atomic E-state index is 6.93. The smallest absolute Gasteiger partial charge is 0.332 e. The number of hydrogen-bond donors (Lipinski definition) is 0. The van der Waals surface area contributed by atoms with Crippen molar-refractivity contribution in [2.75, 3.05) is 0 Å². The fourth-order valence-electron chi connectivity index (χ4n) is 5.45. The first-order chi connectivity index (χ1) is 17.9. The molecule has 4 aromatic carbocycles. The lowest BCUT2D eigenvalue weighted by Crippen LogP contribution is -2.42. The highest BCUT2D eigenvalue weighted by atomic mass is 31.1. The van der Waals surface area contributed by atoms with Gasteiger partial charge >= 0.3 is 8.56 Å².